The molecular weight excluding hydrogens is 354 g/mol. The Morgan fingerprint density at radius 3 is 2.34 bits per heavy atom. The summed E-state index contributed by atoms with van der Waals surface area (Å²) in [4.78, 5) is 9.84. The van der Waals surface area contributed by atoms with Crippen LogP contribution in [0.5, 0.6) is 0 Å². The summed E-state index contributed by atoms with van der Waals surface area (Å²) in [6.45, 7) is 2.19. The minimum absolute atomic E-state index is 0.985. The Hall–Kier alpha value is -3.72. The van der Waals surface area contributed by atoms with Gasteiger partial charge in [-0.05, 0) is 23.4 Å². The van der Waals surface area contributed by atoms with E-state index in [9.17, 15) is 0 Å². The van der Waals surface area contributed by atoms with Crippen molar-refractivity contribution in [2.45, 2.75) is 13.3 Å². The second kappa shape index (κ2) is 6.14. The Kier molecular flexibility index (Phi) is 3.44. The van der Waals surface area contributed by atoms with E-state index in [1.165, 1.54) is 16.5 Å². The number of fused-ring (bicyclic) bond motifs is 8. The van der Waals surface area contributed by atoms with Crippen molar-refractivity contribution in [3.8, 4) is 11.3 Å². The van der Waals surface area contributed by atoms with Crippen molar-refractivity contribution in [1.82, 2.24) is 14.4 Å². The van der Waals surface area contributed by atoms with Crippen LogP contribution in [0, 0.1) is 0 Å². The molecular formula is C26H19N3. The molecule has 0 saturated heterocycles. The van der Waals surface area contributed by atoms with Gasteiger partial charge in [-0.2, -0.15) is 0 Å². The highest BCUT2D eigenvalue weighted by Gasteiger charge is 2.15. The molecule has 0 aliphatic rings. The number of imidazole rings is 1. The average molecular weight is 373 g/mol. The zero-order chi connectivity index (χ0) is 19.4. The smallest absolute Gasteiger partial charge is 0.145 e. The minimum Gasteiger partial charge on any atom is -0.298 e. The fraction of sp³-hybridized carbons (Fsp3) is 0.0769. The molecule has 3 heterocycles. The Morgan fingerprint density at radius 2 is 1.48 bits per heavy atom. The van der Waals surface area contributed by atoms with Gasteiger partial charge in [-0.25, -0.2) is 4.98 Å². The topological polar surface area (TPSA) is 30.2 Å². The molecule has 3 nitrogen and oxygen atoms in total. The van der Waals surface area contributed by atoms with Crippen LogP contribution in [0.25, 0.3) is 49.5 Å². The number of rotatable bonds is 2. The zero-order valence-corrected chi connectivity index (χ0v) is 16.1. The molecule has 0 N–H and O–H groups in total. The van der Waals surface area contributed by atoms with Gasteiger partial charge < -0.3 is 0 Å². The third kappa shape index (κ3) is 2.31. The molecule has 0 unspecified atom stereocenters. The second-order valence-corrected chi connectivity index (χ2v) is 7.41. The molecule has 3 aromatic carbocycles. The zero-order valence-electron chi connectivity index (χ0n) is 16.1. The summed E-state index contributed by atoms with van der Waals surface area (Å²) < 4.78 is 2.25. The van der Waals surface area contributed by atoms with Gasteiger partial charge in [-0.1, -0.05) is 73.7 Å². The molecule has 0 spiro atoms. The third-order valence-corrected chi connectivity index (χ3v) is 5.83. The van der Waals surface area contributed by atoms with Gasteiger partial charge in [0.25, 0.3) is 0 Å². The van der Waals surface area contributed by atoms with E-state index in [2.05, 4.69) is 84.3 Å². The first-order chi connectivity index (χ1) is 14.3. The van der Waals surface area contributed by atoms with Crippen molar-refractivity contribution in [3.63, 3.8) is 0 Å². The highest BCUT2D eigenvalue weighted by Crippen LogP contribution is 2.34. The van der Waals surface area contributed by atoms with E-state index in [0.717, 1.165) is 45.0 Å². The number of para-hydroxylation sites is 1. The Labute approximate surface area is 168 Å². The van der Waals surface area contributed by atoms with Crippen molar-refractivity contribution in [2.24, 2.45) is 0 Å². The molecule has 29 heavy (non-hydrogen) atoms. The van der Waals surface area contributed by atoms with Crippen LogP contribution in [-0.4, -0.2) is 14.4 Å². The van der Waals surface area contributed by atoms with Gasteiger partial charge in [0, 0.05) is 34.1 Å². The van der Waals surface area contributed by atoms with E-state index >= 15 is 0 Å². The summed E-state index contributed by atoms with van der Waals surface area (Å²) >= 11 is 0. The van der Waals surface area contributed by atoms with Gasteiger partial charge >= 0.3 is 0 Å². The summed E-state index contributed by atoms with van der Waals surface area (Å²) in [5, 5.41) is 4.64. The molecule has 3 heteroatoms. The SMILES string of the molecule is CCc1ccccc1-c1cn2c(n1)c1ccccc1c1cnc3ccccc3c12. The normalized spacial score (nSPS) is 11.8. The molecule has 138 valence electrons. The van der Waals surface area contributed by atoms with Gasteiger partial charge in [0.15, 0.2) is 0 Å². The van der Waals surface area contributed by atoms with Crippen LogP contribution in [0.3, 0.4) is 0 Å². The Balaban J connectivity index is 1.85. The lowest BCUT2D eigenvalue weighted by Gasteiger charge is -2.10. The molecule has 6 aromatic rings. The maximum absolute atomic E-state index is 5.12. The van der Waals surface area contributed by atoms with Crippen LogP contribution >= 0.6 is 0 Å². The van der Waals surface area contributed by atoms with Crippen molar-refractivity contribution < 1.29 is 0 Å². The minimum atomic E-state index is 0.985. The molecule has 0 atom stereocenters. The maximum atomic E-state index is 5.12. The number of benzene rings is 3. The molecule has 0 fully saturated rings. The maximum Gasteiger partial charge on any atom is 0.145 e. The van der Waals surface area contributed by atoms with E-state index in [4.69, 9.17) is 9.97 Å². The van der Waals surface area contributed by atoms with Crippen molar-refractivity contribution >= 4 is 38.2 Å². The summed E-state index contributed by atoms with van der Waals surface area (Å²) in [7, 11) is 0. The molecule has 0 saturated carbocycles. The summed E-state index contributed by atoms with van der Waals surface area (Å²) in [6.07, 6.45) is 5.17. The van der Waals surface area contributed by atoms with Gasteiger partial charge in [0.05, 0.1) is 16.7 Å². The van der Waals surface area contributed by atoms with Crippen LogP contribution in [0.4, 0.5) is 0 Å². The van der Waals surface area contributed by atoms with Crippen molar-refractivity contribution in [1.29, 1.82) is 0 Å². The number of hydrogen-bond acceptors (Lipinski definition) is 2. The molecule has 0 radical (unpaired) electrons. The van der Waals surface area contributed by atoms with Gasteiger partial charge in [-0.3, -0.25) is 9.38 Å². The fourth-order valence-corrected chi connectivity index (χ4v) is 4.45. The van der Waals surface area contributed by atoms with E-state index in [1.54, 1.807) is 0 Å². The highest BCUT2D eigenvalue weighted by molar-refractivity contribution is 6.18. The number of aromatic nitrogens is 3. The average Bonchev–Trinajstić information content (AvgIpc) is 3.24. The number of nitrogens with zero attached hydrogens (tertiary/aromatic N) is 3. The van der Waals surface area contributed by atoms with Crippen LogP contribution < -0.4 is 0 Å². The predicted molar refractivity (Wildman–Crippen MR) is 120 cm³/mol. The Morgan fingerprint density at radius 1 is 0.759 bits per heavy atom. The highest BCUT2D eigenvalue weighted by atomic mass is 15.0. The quantitative estimate of drug-likeness (QED) is 0.328. The van der Waals surface area contributed by atoms with Crippen LogP contribution in [0.2, 0.25) is 0 Å². The third-order valence-electron chi connectivity index (χ3n) is 5.83. The van der Waals surface area contributed by atoms with Gasteiger partial charge in [0.1, 0.15) is 5.65 Å². The number of hydrogen-bond donors (Lipinski definition) is 0. The molecule has 3 aromatic heterocycles. The Bertz CT molecular complexity index is 1540. The van der Waals surface area contributed by atoms with Crippen molar-refractivity contribution in [2.75, 3.05) is 0 Å². The first-order valence-electron chi connectivity index (χ1n) is 10.0. The van der Waals surface area contributed by atoms with E-state index < -0.39 is 0 Å². The lowest BCUT2D eigenvalue weighted by molar-refractivity contribution is 1.14. The standard InChI is InChI=1S/C26H19N3/c1-2-17-9-3-4-10-18(17)24-16-29-25-21-13-7-8-14-23(21)27-15-22(25)19-11-5-6-12-20(19)26(29)28-24/h3-16H,2H2,1H3. The fourth-order valence-electron chi connectivity index (χ4n) is 4.45. The van der Waals surface area contributed by atoms with E-state index in [0.29, 0.717) is 0 Å². The summed E-state index contributed by atoms with van der Waals surface area (Å²) in [6, 6.07) is 25.4. The predicted octanol–water partition coefficient (Wildman–Crippen LogP) is 6.42. The molecule has 0 amide bonds. The van der Waals surface area contributed by atoms with Crippen LogP contribution in [0.1, 0.15) is 12.5 Å². The summed E-state index contributed by atoms with van der Waals surface area (Å²) in [5.74, 6) is 0. The largest absolute Gasteiger partial charge is 0.298 e. The van der Waals surface area contributed by atoms with E-state index in [1.807, 2.05) is 12.3 Å². The monoisotopic (exact) mass is 373 g/mol. The first-order valence-corrected chi connectivity index (χ1v) is 10.0. The van der Waals surface area contributed by atoms with Gasteiger partial charge in [0.2, 0.25) is 0 Å². The molecule has 6 rings (SSSR count). The van der Waals surface area contributed by atoms with Crippen LogP contribution in [0.15, 0.2) is 85.2 Å². The molecule has 0 aliphatic heterocycles. The molecule has 0 aliphatic carbocycles. The lowest BCUT2D eigenvalue weighted by Crippen LogP contribution is -1.93. The first kappa shape index (κ1) is 16.3. The molecule has 0 bridgehead atoms. The number of pyridine rings is 2. The van der Waals surface area contributed by atoms with Crippen LogP contribution in [-0.2, 0) is 6.42 Å². The van der Waals surface area contributed by atoms with E-state index in [-0.39, 0.29) is 0 Å². The lowest BCUT2D eigenvalue weighted by atomic mass is 10.0. The second-order valence-electron chi connectivity index (χ2n) is 7.41. The van der Waals surface area contributed by atoms with Gasteiger partial charge in [-0.15, -0.1) is 0 Å². The summed E-state index contributed by atoms with van der Waals surface area (Å²) in [5.41, 5.74) is 6.69. The number of aryl methyl sites for hydroxylation is 1. The van der Waals surface area contributed by atoms with Crippen molar-refractivity contribution in [3.05, 3.63) is 90.8 Å².